The quantitative estimate of drug-likeness (QED) is 0.879. The van der Waals surface area contributed by atoms with Crippen LogP contribution in [0.1, 0.15) is 45.4 Å². The van der Waals surface area contributed by atoms with Gasteiger partial charge in [0.15, 0.2) is 0 Å². The van der Waals surface area contributed by atoms with Gasteiger partial charge in [0.2, 0.25) is 0 Å². The van der Waals surface area contributed by atoms with E-state index in [2.05, 4.69) is 27.1 Å². The number of aromatic amines is 1. The van der Waals surface area contributed by atoms with Gasteiger partial charge in [0, 0.05) is 45.1 Å². The van der Waals surface area contributed by atoms with Gasteiger partial charge in [-0.3, -0.25) is 19.7 Å². The summed E-state index contributed by atoms with van der Waals surface area (Å²) in [5.74, 6) is -0.0339. The maximum Gasteiger partial charge on any atom is 0.272 e. The average molecular weight is 368 g/mol. The van der Waals surface area contributed by atoms with Crippen LogP contribution in [-0.2, 0) is 0 Å². The lowest BCUT2D eigenvalue weighted by atomic mass is 10.1. The third-order valence-corrected chi connectivity index (χ3v) is 5.41. The molecule has 2 aromatic heterocycles. The van der Waals surface area contributed by atoms with Crippen LogP contribution in [0, 0.1) is 0 Å². The summed E-state index contributed by atoms with van der Waals surface area (Å²) in [6, 6.07) is 5.34. The molecule has 0 bridgehead atoms. The molecule has 2 aromatic rings. The molecule has 2 aliphatic heterocycles. The molecule has 2 aliphatic rings. The number of piperazine rings is 1. The predicted molar refractivity (Wildman–Crippen MR) is 99.2 cm³/mol. The Morgan fingerprint density at radius 3 is 2.56 bits per heavy atom. The van der Waals surface area contributed by atoms with E-state index in [4.69, 9.17) is 0 Å². The van der Waals surface area contributed by atoms with Gasteiger partial charge in [0.05, 0.1) is 17.3 Å². The summed E-state index contributed by atoms with van der Waals surface area (Å²) in [6.07, 6.45) is 5.04. The van der Waals surface area contributed by atoms with E-state index in [1.807, 2.05) is 21.9 Å². The van der Waals surface area contributed by atoms with Crippen molar-refractivity contribution in [3.8, 4) is 0 Å². The molecule has 27 heavy (non-hydrogen) atoms. The van der Waals surface area contributed by atoms with Crippen molar-refractivity contribution >= 4 is 11.8 Å². The van der Waals surface area contributed by atoms with Crippen LogP contribution in [0.4, 0.5) is 0 Å². The Kier molecular flexibility index (Phi) is 4.89. The Hall–Kier alpha value is -2.74. The van der Waals surface area contributed by atoms with Gasteiger partial charge >= 0.3 is 0 Å². The van der Waals surface area contributed by atoms with Crippen molar-refractivity contribution in [1.29, 1.82) is 0 Å². The highest BCUT2D eigenvalue weighted by Crippen LogP contribution is 2.31. The Labute approximate surface area is 158 Å². The first-order valence-electron chi connectivity index (χ1n) is 9.37. The number of nitrogens with one attached hydrogen (secondary N) is 1. The Morgan fingerprint density at radius 2 is 1.89 bits per heavy atom. The van der Waals surface area contributed by atoms with Crippen LogP contribution in [0.2, 0.25) is 0 Å². The minimum Gasteiger partial charge on any atom is -0.336 e. The monoisotopic (exact) mass is 368 g/mol. The third-order valence-electron chi connectivity index (χ3n) is 5.41. The van der Waals surface area contributed by atoms with Crippen LogP contribution in [0.15, 0.2) is 30.6 Å². The van der Waals surface area contributed by atoms with Crippen molar-refractivity contribution in [1.82, 2.24) is 29.9 Å². The maximum absolute atomic E-state index is 12.7. The summed E-state index contributed by atoms with van der Waals surface area (Å²) in [7, 11) is 2.07. The van der Waals surface area contributed by atoms with E-state index < -0.39 is 0 Å². The molecule has 0 radical (unpaired) electrons. The molecule has 4 heterocycles. The number of amides is 2. The summed E-state index contributed by atoms with van der Waals surface area (Å²) in [6.45, 7) is 3.97. The molecule has 2 fully saturated rings. The smallest absolute Gasteiger partial charge is 0.272 e. The molecule has 0 spiro atoms. The molecular weight excluding hydrogens is 344 g/mol. The number of rotatable bonds is 3. The number of likely N-dealkylation sites (N-methyl/N-ethyl adjacent to an activating group) is 1. The van der Waals surface area contributed by atoms with Gasteiger partial charge in [-0.15, -0.1) is 0 Å². The second kappa shape index (κ2) is 7.48. The first kappa shape index (κ1) is 17.7. The lowest BCUT2D eigenvalue weighted by molar-refractivity contribution is 0.0661. The standard InChI is InChI=1S/C19H24N6O2/c1-23-9-11-24(12-10-23)18(26)14-4-5-15(20-13-14)17-3-2-8-25(17)19(27)16-6-7-21-22-16/h4-7,13,17H,2-3,8-12H2,1H3,(H,21,22)/t17-/m1/s1. The summed E-state index contributed by atoms with van der Waals surface area (Å²) in [5.41, 5.74) is 1.92. The highest BCUT2D eigenvalue weighted by Gasteiger charge is 2.32. The summed E-state index contributed by atoms with van der Waals surface area (Å²) >= 11 is 0. The van der Waals surface area contributed by atoms with E-state index >= 15 is 0 Å². The SMILES string of the molecule is CN1CCN(C(=O)c2ccc([C@H]3CCCN3C(=O)c3ccn[nH]3)nc2)CC1. The number of H-pyrrole nitrogens is 1. The number of hydrogen-bond donors (Lipinski definition) is 1. The molecule has 0 aliphatic carbocycles. The van der Waals surface area contributed by atoms with Gasteiger partial charge in [-0.05, 0) is 38.1 Å². The van der Waals surface area contributed by atoms with E-state index in [-0.39, 0.29) is 17.9 Å². The largest absolute Gasteiger partial charge is 0.336 e. The Bertz CT molecular complexity index is 796. The van der Waals surface area contributed by atoms with Gasteiger partial charge in [0.1, 0.15) is 5.69 Å². The molecule has 0 aromatic carbocycles. The Balaban J connectivity index is 1.46. The fourth-order valence-electron chi connectivity index (χ4n) is 3.77. The minimum atomic E-state index is -0.0615. The normalized spacial score (nSPS) is 20.9. The average Bonchev–Trinajstić information content (AvgIpc) is 3.40. The van der Waals surface area contributed by atoms with Crippen molar-refractivity contribution in [3.05, 3.63) is 47.5 Å². The lowest BCUT2D eigenvalue weighted by Crippen LogP contribution is -2.47. The molecule has 8 heteroatoms. The van der Waals surface area contributed by atoms with Crippen molar-refractivity contribution in [2.45, 2.75) is 18.9 Å². The Morgan fingerprint density at radius 1 is 1.07 bits per heavy atom. The van der Waals surface area contributed by atoms with Crippen LogP contribution in [0.5, 0.6) is 0 Å². The number of pyridine rings is 1. The number of hydrogen-bond acceptors (Lipinski definition) is 5. The first-order chi connectivity index (χ1) is 13.1. The molecule has 8 nitrogen and oxygen atoms in total. The van der Waals surface area contributed by atoms with Crippen molar-refractivity contribution < 1.29 is 9.59 Å². The van der Waals surface area contributed by atoms with Gasteiger partial charge in [-0.2, -0.15) is 5.10 Å². The number of nitrogens with zero attached hydrogens (tertiary/aromatic N) is 5. The molecule has 0 unspecified atom stereocenters. The predicted octanol–water partition coefficient (Wildman–Crippen LogP) is 1.17. The second-order valence-electron chi connectivity index (χ2n) is 7.19. The molecule has 2 saturated heterocycles. The zero-order valence-corrected chi connectivity index (χ0v) is 15.5. The highest BCUT2D eigenvalue weighted by atomic mass is 16.2. The van der Waals surface area contributed by atoms with Gasteiger partial charge < -0.3 is 14.7 Å². The van der Waals surface area contributed by atoms with Gasteiger partial charge in [-0.1, -0.05) is 0 Å². The number of aromatic nitrogens is 3. The molecule has 1 atom stereocenters. The molecule has 0 saturated carbocycles. The maximum atomic E-state index is 12.7. The summed E-state index contributed by atoms with van der Waals surface area (Å²) < 4.78 is 0. The fraction of sp³-hybridized carbons (Fsp3) is 0.474. The summed E-state index contributed by atoms with van der Waals surface area (Å²) in [4.78, 5) is 35.8. The minimum absolute atomic E-state index is 0.0268. The van der Waals surface area contributed by atoms with Crippen LogP contribution in [0.25, 0.3) is 0 Å². The molecule has 142 valence electrons. The third kappa shape index (κ3) is 3.57. The van der Waals surface area contributed by atoms with Gasteiger partial charge in [-0.25, -0.2) is 0 Å². The lowest BCUT2D eigenvalue weighted by Gasteiger charge is -2.32. The zero-order chi connectivity index (χ0) is 18.8. The van der Waals surface area contributed by atoms with Crippen molar-refractivity contribution in [2.24, 2.45) is 0 Å². The van der Waals surface area contributed by atoms with E-state index in [0.717, 1.165) is 44.7 Å². The highest BCUT2D eigenvalue weighted by molar-refractivity contribution is 5.94. The van der Waals surface area contributed by atoms with Crippen molar-refractivity contribution in [2.75, 3.05) is 39.8 Å². The van der Waals surface area contributed by atoms with Crippen molar-refractivity contribution in [3.63, 3.8) is 0 Å². The number of likely N-dealkylation sites (tertiary alicyclic amines) is 1. The van der Waals surface area contributed by atoms with Crippen LogP contribution in [-0.4, -0.2) is 81.5 Å². The topological polar surface area (TPSA) is 85.4 Å². The molecular formula is C19H24N6O2. The van der Waals surface area contributed by atoms with E-state index in [9.17, 15) is 9.59 Å². The van der Waals surface area contributed by atoms with Crippen LogP contribution >= 0.6 is 0 Å². The number of carbonyl (C=O) groups excluding carboxylic acids is 2. The van der Waals surface area contributed by atoms with E-state index in [0.29, 0.717) is 17.8 Å². The summed E-state index contributed by atoms with van der Waals surface area (Å²) in [5, 5.41) is 6.59. The van der Waals surface area contributed by atoms with Crippen LogP contribution in [0.3, 0.4) is 0 Å². The second-order valence-corrected chi connectivity index (χ2v) is 7.19. The van der Waals surface area contributed by atoms with Crippen LogP contribution < -0.4 is 0 Å². The van der Waals surface area contributed by atoms with Gasteiger partial charge in [0.25, 0.3) is 11.8 Å². The fourth-order valence-corrected chi connectivity index (χ4v) is 3.77. The molecule has 4 rings (SSSR count). The number of carbonyl (C=O) groups is 2. The first-order valence-corrected chi connectivity index (χ1v) is 9.37. The molecule has 1 N–H and O–H groups in total. The van der Waals surface area contributed by atoms with E-state index in [1.165, 1.54) is 0 Å². The zero-order valence-electron chi connectivity index (χ0n) is 15.5. The molecule has 2 amide bonds. The van der Waals surface area contributed by atoms with E-state index in [1.54, 1.807) is 18.5 Å².